The van der Waals surface area contributed by atoms with Gasteiger partial charge in [-0.15, -0.1) is 0 Å². The van der Waals surface area contributed by atoms with Gasteiger partial charge in [0, 0.05) is 0 Å². The lowest BCUT2D eigenvalue weighted by Gasteiger charge is -2.15. The lowest BCUT2D eigenvalue weighted by Crippen LogP contribution is -2.08. The Kier molecular flexibility index (Phi) is 6.68. The van der Waals surface area contributed by atoms with Crippen LogP contribution in [0.15, 0.2) is 42.0 Å². The molecule has 2 aromatic carbocycles. The molecule has 0 saturated heterocycles. The molecular formula is C21H26O5S. The van der Waals surface area contributed by atoms with Gasteiger partial charge in [0.1, 0.15) is 6.61 Å². The van der Waals surface area contributed by atoms with Gasteiger partial charge in [-0.2, -0.15) is 8.42 Å². The fourth-order valence-corrected chi connectivity index (χ4v) is 3.13. The molecule has 27 heavy (non-hydrogen) atoms. The van der Waals surface area contributed by atoms with Crippen LogP contribution in [-0.4, -0.2) is 26.4 Å². The number of rotatable bonds is 7. The zero-order valence-electron chi connectivity index (χ0n) is 16.4. The summed E-state index contributed by atoms with van der Waals surface area (Å²) in [5, 5.41) is 9.43. The van der Waals surface area contributed by atoms with Crippen molar-refractivity contribution in [1.29, 1.82) is 0 Å². The zero-order valence-corrected chi connectivity index (χ0v) is 17.2. The van der Waals surface area contributed by atoms with Gasteiger partial charge in [0.2, 0.25) is 0 Å². The molecular weight excluding hydrogens is 364 g/mol. The minimum absolute atomic E-state index is 0.0213. The highest BCUT2D eigenvalue weighted by Crippen LogP contribution is 2.35. The average Bonchev–Trinajstić information content (AvgIpc) is 2.56. The summed E-state index contributed by atoms with van der Waals surface area (Å²) in [7, 11) is -3.70. The van der Waals surface area contributed by atoms with Crippen molar-refractivity contribution in [2.45, 2.75) is 34.3 Å². The molecule has 2 aromatic rings. The fraction of sp³-hybridized carbons (Fsp3) is 0.333. The number of aryl methyl sites for hydroxylation is 2. The van der Waals surface area contributed by atoms with Crippen LogP contribution in [0.1, 0.15) is 30.5 Å². The number of ether oxygens (including phenoxy) is 1. The number of aliphatic hydroxyl groups is 1. The SMILES string of the molecule is CC(C)=CCOc1ccc(-c2cc(C)c(CO)cc2C)cc1OS(C)(=O)=O. The van der Waals surface area contributed by atoms with E-state index < -0.39 is 10.1 Å². The first-order valence-electron chi connectivity index (χ1n) is 8.61. The highest BCUT2D eigenvalue weighted by molar-refractivity contribution is 7.86. The van der Waals surface area contributed by atoms with E-state index in [-0.39, 0.29) is 12.4 Å². The Morgan fingerprint density at radius 3 is 2.37 bits per heavy atom. The van der Waals surface area contributed by atoms with Gasteiger partial charge in [0.25, 0.3) is 0 Å². The maximum Gasteiger partial charge on any atom is 0.306 e. The molecule has 0 aromatic heterocycles. The number of allylic oxidation sites excluding steroid dienone is 1. The summed E-state index contributed by atoms with van der Waals surface area (Å²) >= 11 is 0. The second-order valence-corrected chi connectivity index (χ2v) is 8.37. The van der Waals surface area contributed by atoms with Crippen molar-refractivity contribution in [3.63, 3.8) is 0 Å². The molecule has 0 bridgehead atoms. The Bertz CT molecular complexity index is 955. The first-order chi connectivity index (χ1) is 12.6. The molecule has 6 heteroatoms. The molecule has 0 aliphatic carbocycles. The fourth-order valence-electron chi connectivity index (χ4n) is 2.68. The lowest BCUT2D eigenvalue weighted by molar-refractivity contribution is 0.281. The van der Waals surface area contributed by atoms with E-state index in [4.69, 9.17) is 8.92 Å². The van der Waals surface area contributed by atoms with Crippen LogP contribution in [0, 0.1) is 13.8 Å². The Morgan fingerprint density at radius 1 is 1.07 bits per heavy atom. The minimum Gasteiger partial charge on any atom is -0.486 e. The molecule has 0 unspecified atom stereocenters. The van der Waals surface area contributed by atoms with E-state index in [0.29, 0.717) is 12.4 Å². The van der Waals surface area contributed by atoms with Gasteiger partial charge < -0.3 is 14.0 Å². The predicted octanol–water partition coefficient (Wildman–Crippen LogP) is 4.15. The highest BCUT2D eigenvalue weighted by atomic mass is 32.2. The second-order valence-electron chi connectivity index (χ2n) is 6.79. The molecule has 0 saturated carbocycles. The highest BCUT2D eigenvalue weighted by Gasteiger charge is 2.15. The largest absolute Gasteiger partial charge is 0.486 e. The number of benzene rings is 2. The molecule has 146 valence electrons. The van der Waals surface area contributed by atoms with Crippen molar-refractivity contribution in [2.75, 3.05) is 12.9 Å². The Labute approximate surface area is 161 Å². The second kappa shape index (κ2) is 8.59. The van der Waals surface area contributed by atoms with E-state index in [1.807, 2.05) is 52.0 Å². The monoisotopic (exact) mass is 390 g/mol. The molecule has 0 aliphatic heterocycles. The van der Waals surface area contributed by atoms with Gasteiger partial charge in [-0.25, -0.2) is 0 Å². The maximum atomic E-state index is 11.7. The van der Waals surface area contributed by atoms with Gasteiger partial charge in [-0.05, 0) is 73.7 Å². The standard InChI is InChI=1S/C21H26O5S/c1-14(2)8-9-25-20-7-6-17(12-21(20)26-27(5,23)24)19-11-15(3)18(13-22)10-16(19)4/h6-8,10-12,22H,9,13H2,1-5H3. The van der Waals surface area contributed by atoms with Crippen LogP contribution in [-0.2, 0) is 16.7 Å². The molecule has 0 heterocycles. The van der Waals surface area contributed by atoms with Crippen LogP contribution in [0.2, 0.25) is 0 Å². The van der Waals surface area contributed by atoms with Gasteiger partial charge in [0.05, 0.1) is 12.9 Å². The normalized spacial score (nSPS) is 11.2. The van der Waals surface area contributed by atoms with Crippen LogP contribution in [0.25, 0.3) is 11.1 Å². The third-order valence-electron chi connectivity index (χ3n) is 4.08. The number of aliphatic hydroxyl groups excluding tert-OH is 1. The lowest BCUT2D eigenvalue weighted by atomic mass is 9.95. The first-order valence-corrected chi connectivity index (χ1v) is 10.4. The van der Waals surface area contributed by atoms with E-state index in [0.717, 1.165) is 39.6 Å². The molecule has 1 N–H and O–H groups in total. The quantitative estimate of drug-likeness (QED) is 0.568. The molecule has 0 atom stereocenters. The van der Waals surface area contributed by atoms with Crippen molar-refractivity contribution in [3.8, 4) is 22.6 Å². The summed E-state index contributed by atoms with van der Waals surface area (Å²) in [5.74, 6) is 0.517. The van der Waals surface area contributed by atoms with Crippen LogP contribution in [0.5, 0.6) is 11.5 Å². The first kappa shape index (κ1) is 21.0. The molecule has 5 nitrogen and oxygen atoms in total. The third kappa shape index (κ3) is 5.84. The van der Waals surface area contributed by atoms with E-state index >= 15 is 0 Å². The van der Waals surface area contributed by atoms with Gasteiger partial charge in [0.15, 0.2) is 11.5 Å². The summed E-state index contributed by atoms with van der Waals surface area (Å²) in [6, 6.07) is 9.15. The maximum absolute atomic E-state index is 11.7. The van der Waals surface area contributed by atoms with Crippen molar-refractivity contribution in [2.24, 2.45) is 0 Å². The Hall–Kier alpha value is -2.31. The molecule has 0 aliphatic rings. The average molecular weight is 391 g/mol. The summed E-state index contributed by atoms with van der Waals surface area (Å²) < 4.78 is 34.2. The summed E-state index contributed by atoms with van der Waals surface area (Å²) in [5.41, 5.74) is 5.67. The third-order valence-corrected chi connectivity index (χ3v) is 4.56. The topological polar surface area (TPSA) is 72.8 Å². The van der Waals surface area contributed by atoms with Gasteiger partial charge >= 0.3 is 10.1 Å². The summed E-state index contributed by atoms with van der Waals surface area (Å²) in [6.45, 7) is 8.10. The van der Waals surface area contributed by atoms with E-state index in [1.54, 1.807) is 12.1 Å². The van der Waals surface area contributed by atoms with E-state index in [2.05, 4.69) is 0 Å². The van der Waals surface area contributed by atoms with Crippen LogP contribution >= 0.6 is 0 Å². The molecule has 0 spiro atoms. The van der Waals surface area contributed by atoms with Crippen molar-refractivity contribution in [1.82, 2.24) is 0 Å². The van der Waals surface area contributed by atoms with Gasteiger partial charge in [-0.3, -0.25) is 0 Å². The molecule has 0 fully saturated rings. The van der Waals surface area contributed by atoms with E-state index in [1.165, 1.54) is 0 Å². The van der Waals surface area contributed by atoms with Crippen LogP contribution in [0.3, 0.4) is 0 Å². The van der Waals surface area contributed by atoms with Crippen LogP contribution < -0.4 is 8.92 Å². The molecule has 0 radical (unpaired) electrons. The van der Waals surface area contributed by atoms with Crippen LogP contribution in [0.4, 0.5) is 0 Å². The Morgan fingerprint density at radius 2 is 1.78 bits per heavy atom. The zero-order chi connectivity index (χ0) is 20.2. The van der Waals surface area contributed by atoms with Crippen molar-refractivity contribution >= 4 is 10.1 Å². The van der Waals surface area contributed by atoms with E-state index in [9.17, 15) is 13.5 Å². The Balaban J connectivity index is 2.49. The molecule has 0 amide bonds. The van der Waals surface area contributed by atoms with Gasteiger partial charge in [-0.1, -0.05) is 23.8 Å². The number of hydrogen-bond donors (Lipinski definition) is 1. The summed E-state index contributed by atoms with van der Waals surface area (Å²) in [6.07, 6.45) is 2.91. The predicted molar refractivity (Wildman–Crippen MR) is 108 cm³/mol. The molecule has 2 rings (SSSR count). The number of hydrogen-bond acceptors (Lipinski definition) is 5. The smallest absolute Gasteiger partial charge is 0.306 e. The van der Waals surface area contributed by atoms with Crippen molar-refractivity contribution in [3.05, 3.63) is 58.7 Å². The summed E-state index contributed by atoms with van der Waals surface area (Å²) in [4.78, 5) is 0. The minimum atomic E-state index is -3.70. The van der Waals surface area contributed by atoms with Crippen molar-refractivity contribution < 1.29 is 22.4 Å².